The van der Waals surface area contributed by atoms with Crippen LogP contribution in [0.5, 0.6) is 5.75 Å². The van der Waals surface area contributed by atoms with Gasteiger partial charge in [0, 0.05) is 5.56 Å². The number of rotatable bonds is 5. The van der Waals surface area contributed by atoms with Crippen molar-refractivity contribution in [2.45, 2.75) is 32.8 Å². The molecule has 0 aromatic heterocycles. The second-order valence-electron chi connectivity index (χ2n) is 4.28. The first kappa shape index (κ1) is 14.5. The maximum atomic E-state index is 11.6. The lowest BCUT2D eigenvalue weighted by Crippen LogP contribution is -2.16. The van der Waals surface area contributed by atoms with Crippen LogP contribution in [0.2, 0.25) is 0 Å². The van der Waals surface area contributed by atoms with E-state index >= 15 is 0 Å². The van der Waals surface area contributed by atoms with Crippen LogP contribution in [0.25, 0.3) is 0 Å². The average molecular weight is 252 g/mol. The van der Waals surface area contributed by atoms with Gasteiger partial charge in [-0.25, -0.2) is 4.79 Å². The molecule has 0 fully saturated rings. The third kappa shape index (κ3) is 3.01. The number of hydrogen-bond donors (Lipinski definition) is 1. The Bertz CT molecular complexity index is 412. The first-order valence-electron chi connectivity index (χ1n) is 6.04. The molecule has 1 aromatic carbocycles. The van der Waals surface area contributed by atoms with E-state index in [1.807, 2.05) is 19.9 Å². The summed E-state index contributed by atoms with van der Waals surface area (Å²) in [6, 6.07) is 5.40. The van der Waals surface area contributed by atoms with Gasteiger partial charge in [0.05, 0.1) is 13.7 Å². The summed E-state index contributed by atoms with van der Waals surface area (Å²) in [4.78, 5) is 11.6. The van der Waals surface area contributed by atoms with Crippen LogP contribution in [0.3, 0.4) is 0 Å². The molecular weight excluding hydrogens is 232 g/mol. The topological polar surface area (TPSA) is 55.8 Å². The smallest absolute Gasteiger partial charge is 0.339 e. The van der Waals surface area contributed by atoms with E-state index in [9.17, 15) is 9.90 Å². The molecule has 1 N–H and O–H groups in total. The molecule has 1 unspecified atom stereocenters. The van der Waals surface area contributed by atoms with Gasteiger partial charge in [0.15, 0.2) is 6.10 Å². The molecule has 0 aliphatic rings. The van der Waals surface area contributed by atoms with Gasteiger partial charge < -0.3 is 14.6 Å². The van der Waals surface area contributed by atoms with Gasteiger partial charge in [-0.05, 0) is 18.4 Å². The lowest BCUT2D eigenvalue weighted by Gasteiger charge is -2.18. The van der Waals surface area contributed by atoms with Crippen LogP contribution in [-0.4, -0.2) is 24.8 Å². The molecule has 4 heteroatoms. The summed E-state index contributed by atoms with van der Waals surface area (Å²) in [5, 5.41) is 9.98. The van der Waals surface area contributed by atoms with E-state index in [1.165, 1.54) is 7.11 Å². The highest BCUT2D eigenvalue weighted by Crippen LogP contribution is 2.33. The Hall–Kier alpha value is -1.55. The number of aliphatic hydroxyl groups excluding tert-OH is 1. The third-order valence-corrected chi connectivity index (χ3v) is 2.71. The number of carbonyl (C=O) groups is 1. The van der Waals surface area contributed by atoms with E-state index in [4.69, 9.17) is 9.47 Å². The maximum absolute atomic E-state index is 11.6. The van der Waals surface area contributed by atoms with Crippen LogP contribution in [0.4, 0.5) is 0 Å². The Balaban J connectivity index is 3.15. The minimum Gasteiger partial charge on any atom is -0.496 e. The molecular formula is C14H20O4. The lowest BCUT2D eigenvalue weighted by atomic mass is 9.97. The summed E-state index contributed by atoms with van der Waals surface area (Å²) in [5.74, 6) is 0.138. The maximum Gasteiger partial charge on any atom is 0.339 e. The van der Waals surface area contributed by atoms with Gasteiger partial charge >= 0.3 is 5.97 Å². The Labute approximate surface area is 108 Å². The van der Waals surface area contributed by atoms with Crippen LogP contribution in [-0.2, 0) is 9.53 Å². The van der Waals surface area contributed by atoms with Gasteiger partial charge in [-0.1, -0.05) is 32.0 Å². The molecule has 0 aliphatic heterocycles. The number of esters is 1. The fraction of sp³-hybridized carbons (Fsp3) is 0.500. The van der Waals surface area contributed by atoms with Crippen molar-refractivity contribution in [2.24, 2.45) is 0 Å². The number of ether oxygens (including phenoxy) is 2. The Morgan fingerprint density at radius 3 is 2.44 bits per heavy atom. The number of hydrogen-bond acceptors (Lipinski definition) is 4. The van der Waals surface area contributed by atoms with E-state index in [-0.39, 0.29) is 12.5 Å². The molecule has 0 bridgehead atoms. The second-order valence-corrected chi connectivity index (χ2v) is 4.28. The fourth-order valence-electron chi connectivity index (χ4n) is 1.83. The third-order valence-electron chi connectivity index (χ3n) is 2.71. The van der Waals surface area contributed by atoms with E-state index in [0.29, 0.717) is 11.3 Å². The summed E-state index contributed by atoms with van der Waals surface area (Å²) in [5.41, 5.74) is 1.40. The van der Waals surface area contributed by atoms with Crippen molar-refractivity contribution in [3.63, 3.8) is 0 Å². The molecule has 1 aromatic rings. The van der Waals surface area contributed by atoms with Crippen LogP contribution < -0.4 is 4.74 Å². The predicted molar refractivity (Wildman–Crippen MR) is 68.7 cm³/mol. The molecule has 1 rings (SSSR count). The number of aliphatic hydroxyl groups is 1. The summed E-state index contributed by atoms with van der Waals surface area (Å²) in [6.45, 7) is 5.99. The van der Waals surface area contributed by atoms with E-state index < -0.39 is 12.1 Å². The predicted octanol–water partition coefficient (Wildman–Crippen LogP) is 2.42. The van der Waals surface area contributed by atoms with Crippen LogP contribution >= 0.6 is 0 Å². The van der Waals surface area contributed by atoms with Gasteiger partial charge in [-0.3, -0.25) is 0 Å². The second kappa shape index (κ2) is 6.40. The van der Waals surface area contributed by atoms with Crippen molar-refractivity contribution in [3.8, 4) is 5.75 Å². The molecule has 100 valence electrons. The first-order chi connectivity index (χ1) is 8.52. The zero-order valence-corrected chi connectivity index (χ0v) is 11.3. The van der Waals surface area contributed by atoms with Crippen LogP contribution in [0.1, 0.15) is 43.9 Å². The number of benzene rings is 1. The molecule has 0 amide bonds. The van der Waals surface area contributed by atoms with Gasteiger partial charge in [0.2, 0.25) is 0 Å². The van der Waals surface area contributed by atoms with Crippen molar-refractivity contribution < 1.29 is 19.4 Å². The van der Waals surface area contributed by atoms with E-state index in [2.05, 4.69) is 0 Å². The molecule has 1 atom stereocenters. The summed E-state index contributed by atoms with van der Waals surface area (Å²) in [7, 11) is 1.53. The Kier molecular flexibility index (Phi) is 5.16. The van der Waals surface area contributed by atoms with E-state index in [1.54, 1.807) is 19.1 Å². The summed E-state index contributed by atoms with van der Waals surface area (Å²) < 4.78 is 10.1. The number of methoxy groups -OCH3 is 1. The average Bonchev–Trinajstić information content (AvgIpc) is 2.36. The quantitative estimate of drug-likeness (QED) is 0.818. The first-order valence-corrected chi connectivity index (χ1v) is 6.04. The summed E-state index contributed by atoms with van der Waals surface area (Å²) >= 11 is 0. The number of para-hydroxylation sites is 1. The molecule has 18 heavy (non-hydrogen) atoms. The Morgan fingerprint density at radius 1 is 1.33 bits per heavy atom. The minimum atomic E-state index is -1.31. The molecule has 0 radical (unpaired) electrons. The largest absolute Gasteiger partial charge is 0.496 e. The normalized spacial score (nSPS) is 12.3. The molecule has 0 aliphatic carbocycles. The highest BCUT2D eigenvalue weighted by Gasteiger charge is 2.24. The van der Waals surface area contributed by atoms with Crippen LogP contribution in [0, 0.1) is 0 Å². The van der Waals surface area contributed by atoms with Gasteiger partial charge in [0.25, 0.3) is 0 Å². The number of carbonyl (C=O) groups excluding carboxylic acids is 1. The van der Waals surface area contributed by atoms with Crippen LogP contribution in [0.15, 0.2) is 18.2 Å². The molecule has 4 nitrogen and oxygen atoms in total. The molecule has 0 spiro atoms. The highest BCUT2D eigenvalue weighted by molar-refractivity contribution is 5.77. The van der Waals surface area contributed by atoms with Crippen molar-refractivity contribution in [2.75, 3.05) is 13.7 Å². The van der Waals surface area contributed by atoms with Gasteiger partial charge in [-0.2, -0.15) is 0 Å². The molecule has 0 saturated carbocycles. The Morgan fingerprint density at radius 2 is 1.94 bits per heavy atom. The van der Waals surface area contributed by atoms with Gasteiger partial charge in [0.1, 0.15) is 5.75 Å². The van der Waals surface area contributed by atoms with Crippen molar-refractivity contribution >= 4 is 5.97 Å². The minimum absolute atomic E-state index is 0.238. The zero-order valence-electron chi connectivity index (χ0n) is 11.3. The van der Waals surface area contributed by atoms with Crippen molar-refractivity contribution in [3.05, 3.63) is 29.3 Å². The molecule has 0 saturated heterocycles. The lowest BCUT2D eigenvalue weighted by molar-refractivity contribution is -0.153. The molecule has 0 heterocycles. The van der Waals surface area contributed by atoms with Crippen molar-refractivity contribution in [1.29, 1.82) is 0 Å². The zero-order chi connectivity index (χ0) is 13.7. The van der Waals surface area contributed by atoms with Crippen molar-refractivity contribution in [1.82, 2.24) is 0 Å². The van der Waals surface area contributed by atoms with Gasteiger partial charge in [-0.15, -0.1) is 0 Å². The monoisotopic (exact) mass is 252 g/mol. The summed E-state index contributed by atoms with van der Waals surface area (Å²) in [6.07, 6.45) is -1.31. The SMILES string of the molecule is CCOC(=O)C(O)c1cccc(C(C)C)c1OC. The fourth-order valence-corrected chi connectivity index (χ4v) is 1.83. The standard InChI is InChI=1S/C14H20O4/c1-5-18-14(16)12(15)11-8-6-7-10(9(2)3)13(11)17-4/h6-9,12,15H,5H2,1-4H3. The van der Waals surface area contributed by atoms with E-state index in [0.717, 1.165) is 5.56 Å². The highest BCUT2D eigenvalue weighted by atomic mass is 16.5.